The van der Waals surface area contributed by atoms with Crippen molar-refractivity contribution in [3.8, 4) is 0 Å². The minimum atomic E-state index is -0.0590. The van der Waals surface area contributed by atoms with Gasteiger partial charge in [0.25, 0.3) is 0 Å². The van der Waals surface area contributed by atoms with E-state index < -0.39 is 0 Å². The van der Waals surface area contributed by atoms with Gasteiger partial charge < -0.3 is 9.64 Å². The van der Waals surface area contributed by atoms with Crippen LogP contribution in [-0.2, 0) is 9.53 Å². The molecule has 0 spiro atoms. The maximum atomic E-state index is 11.1. The molecule has 3 nitrogen and oxygen atoms in total. The summed E-state index contributed by atoms with van der Waals surface area (Å²) in [7, 11) is 2.07. The molecular weight excluding hydrogens is 156 g/mol. The Morgan fingerprint density at radius 2 is 2.42 bits per heavy atom. The predicted octanol–water partition coefficient (Wildman–Crippen LogP) is 1.03. The lowest BCUT2D eigenvalue weighted by Gasteiger charge is -2.17. The molecule has 1 heterocycles. The zero-order valence-corrected chi connectivity index (χ0v) is 7.88. The molecule has 0 aliphatic carbocycles. The second kappa shape index (κ2) is 4.45. The number of ether oxygens (including phenoxy) is 1. The zero-order chi connectivity index (χ0) is 8.97. The highest BCUT2D eigenvalue weighted by molar-refractivity contribution is 5.70. The van der Waals surface area contributed by atoms with E-state index in [1.54, 1.807) is 0 Å². The van der Waals surface area contributed by atoms with Crippen molar-refractivity contribution in [1.29, 1.82) is 0 Å². The highest BCUT2D eigenvalue weighted by Gasteiger charge is 2.23. The van der Waals surface area contributed by atoms with Crippen molar-refractivity contribution >= 4 is 5.97 Å². The second-order valence-electron chi connectivity index (χ2n) is 3.29. The van der Waals surface area contributed by atoms with E-state index in [1.807, 2.05) is 6.92 Å². The topological polar surface area (TPSA) is 29.5 Å². The van der Waals surface area contributed by atoms with E-state index in [4.69, 9.17) is 4.74 Å². The molecule has 0 N–H and O–H groups in total. The highest BCUT2D eigenvalue weighted by Crippen LogP contribution is 2.17. The standard InChI is InChI=1S/C9H17NO2/c1-3-12-9(11)7-8-5-4-6-10(8)2/h8H,3-7H2,1-2H3/t8-/m0/s1/i7+1,9+1. The van der Waals surface area contributed by atoms with Gasteiger partial charge in [0.05, 0.1) is 13.0 Å². The van der Waals surface area contributed by atoms with Crippen LogP contribution in [0.2, 0.25) is 0 Å². The highest BCUT2D eigenvalue weighted by atomic mass is 16.6. The van der Waals surface area contributed by atoms with Crippen LogP contribution in [0.1, 0.15) is 26.2 Å². The van der Waals surface area contributed by atoms with Crippen LogP contribution in [-0.4, -0.2) is 37.1 Å². The lowest BCUT2D eigenvalue weighted by Crippen LogP contribution is -2.28. The normalized spacial score (nSPS) is 24.3. The molecule has 0 aromatic rings. The Morgan fingerprint density at radius 1 is 1.67 bits per heavy atom. The van der Waals surface area contributed by atoms with E-state index >= 15 is 0 Å². The molecule has 1 rings (SSSR count). The fraction of sp³-hybridized carbons (Fsp3) is 0.889. The summed E-state index contributed by atoms with van der Waals surface area (Å²) in [4.78, 5) is 13.3. The van der Waals surface area contributed by atoms with Crippen LogP contribution < -0.4 is 0 Å². The van der Waals surface area contributed by atoms with E-state index in [9.17, 15) is 4.79 Å². The van der Waals surface area contributed by atoms with Gasteiger partial charge in [-0.25, -0.2) is 0 Å². The summed E-state index contributed by atoms with van der Waals surface area (Å²) in [5, 5.41) is 0. The van der Waals surface area contributed by atoms with Crippen molar-refractivity contribution in [3.05, 3.63) is 0 Å². The maximum Gasteiger partial charge on any atom is 0.307 e. The van der Waals surface area contributed by atoms with E-state index in [0.717, 1.165) is 13.0 Å². The van der Waals surface area contributed by atoms with Crippen molar-refractivity contribution < 1.29 is 9.53 Å². The summed E-state index contributed by atoms with van der Waals surface area (Å²) in [5.74, 6) is -0.0590. The molecular formula is C9H17NO2. The van der Waals surface area contributed by atoms with Crippen LogP contribution in [0.15, 0.2) is 0 Å². The van der Waals surface area contributed by atoms with E-state index in [0.29, 0.717) is 19.1 Å². The predicted molar refractivity (Wildman–Crippen MR) is 46.9 cm³/mol. The lowest BCUT2D eigenvalue weighted by atomic mass is 10.3. The van der Waals surface area contributed by atoms with E-state index in [1.165, 1.54) is 6.42 Å². The molecule has 0 aromatic carbocycles. The van der Waals surface area contributed by atoms with Gasteiger partial charge in [-0.3, -0.25) is 4.79 Å². The van der Waals surface area contributed by atoms with Crippen molar-refractivity contribution in [2.45, 2.75) is 32.2 Å². The molecule has 0 aromatic heterocycles. The van der Waals surface area contributed by atoms with Crippen LogP contribution in [0.3, 0.4) is 0 Å². The Bertz CT molecular complexity index is 159. The molecule has 1 aliphatic rings. The summed E-state index contributed by atoms with van der Waals surface area (Å²) < 4.78 is 4.89. The average molecular weight is 173 g/mol. The quantitative estimate of drug-likeness (QED) is 0.471. The lowest BCUT2D eigenvalue weighted by molar-refractivity contribution is -0.144. The molecule has 0 bridgehead atoms. The van der Waals surface area contributed by atoms with Crippen molar-refractivity contribution in [1.82, 2.24) is 4.90 Å². The van der Waals surface area contributed by atoms with E-state index in [2.05, 4.69) is 11.9 Å². The van der Waals surface area contributed by atoms with Crippen molar-refractivity contribution in [3.63, 3.8) is 0 Å². The second-order valence-corrected chi connectivity index (χ2v) is 3.29. The third kappa shape index (κ3) is 2.48. The van der Waals surface area contributed by atoms with Crippen LogP contribution in [0, 0.1) is 0 Å². The van der Waals surface area contributed by atoms with Gasteiger partial charge in [-0.2, -0.15) is 0 Å². The molecule has 1 aliphatic heterocycles. The van der Waals surface area contributed by atoms with Crippen LogP contribution in [0.4, 0.5) is 0 Å². The molecule has 1 saturated heterocycles. The zero-order valence-electron chi connectivity index (χ0n) is 7.88. The molecule has 0 radical (unpaired) electrons. The van der Waals surface area contributed by atoms with Gasteiger partial charge in [-0.15, -0.1) is 0 Å². The number of esters is 1. The Balaban J connectivity index is 2.25. The fourth-order valence-electron chi connectivity index (χ4n) is 1.65. The van der Waals surface area contributed by atoms with Gasteiger partial charge in [-0.05, 0) is 33.4 Å². The van der Waals surface area contributed by atoms with Crippen molar-refractivity contribution in [2.24, 2.45) is 0 Å². The van der Waals surface area contributed by atoms with Crippen molar-refractivity contribution in [2.75, 3.05) is 20.2 Å². The largest absolute Gasteiger partial charge is 0.466 e. The summed E-state index contributed by atoms with van der Waals surface area (Å²) in [6, 6.07) is 0.420. The molecule has 0 saturated carbocycles. The first-order valence-corrected chi connectivity index (χ1v) is 4.60. The minimum Gasteiger partial charge on any atom is -0.466 e. The minimum absolute atomic E-state index is 0.0590. The first-order chi connectivity index (χ1) is 5.74. The summed E-state index contributed by atoms with van der Waals surface area (Å²) >= 11 is 0. The Labute approximate surface area is 73.7 Å². The number of hydrogen-bond acceptors (Lipinski definition) is 3. The van der Waals surface area contributed by atoms with Crippen LogP contribution in [0.5, 0.6) is 0 Å². The van der Waals surface area contributed by atoms with Gasteiger partial charge in [0.2, 0.25) is 0 Å². The Hall–Kier alpha value is -0.570. The summed E-state index contributed by atoms with van der Waals surface area (Å²) in [6.07, 6.45) is 2.90. The molecule has 70 valence electrons. The SMILES string of the molecule is CCO[13C](=O)[13CH2][C@@H]1CCCN1C. The first kappa shape index (κ1) is 9.52. The Morgan fingerprint density at radius 3 is 2.92 bits per heavy atom. The fourth-order valence-corrected chi connectivity index (χ4v) is 1.65. The summed E-state index contributed by atoms with van der Waals surface area (Å²) in [5.41, 5.74) is 0. The van der Waals surface area contributed by atoms with Gasteiger partial charge in [0.1, 0.15) is 0 Å². The number of hydrogen-bond donors (Lipinski definition) is 0. The third-order valence-corrected chi connectivity index (χ3v) is 2.38. The molecule has 1 fully saturated rings. The first-order valence-electron chi connectivity index (χ1n) is 4.60. The van der Waals surface area contributed by atoms with E-state index in [-0.39, 0.29) is 5.97 Å². The molecule has 0 unspecified atom stereocenters. The third-order valence-electron chi connectivity index (χ3n) is 2.38. The number of carbonyl (C=O) groups is 1. The number of carbonyl (C=O) groups excluding carboxylic acids is 1. The molecule has 1 atom stereocenters. The maximum absolute atomic E-state index is 11.1. The molecule has 0 amide bonds. The number of nitrogens with zero attached hydrogens (tertiary/aromatic N) is 1. The molecule has 12 heavy (non-hydrogen) atoms. The number of rotatable bonds is 3. The van der Waals surface area contributed by atoms with Crippen LogP contribution in [0.25, 0.3) is 0 Å². The van der Waals surface area contributed by atoms with Crippen LogP contribution >= 0.6 is 0 Å². The van der Waals surface area contributed by atoms with Gasteiger partial charge in [0, 0.05) is 6.04 Å². The average Bonchev–Trinajstić information content (AvgIpc) is 2.37. The smallest absolute Gasteiger partial charge is 0.307 e. The van der Waals surface area contributed by atoms with Gasteiger partial charge >= 0.3 is 5.97 Å². The van der Waals surface area contributed by atoms with Gasteiger partial charge in [-0.1, -0.05) is 0 Å². The van der Waals surface area contributed by atoms with Gasteiger partial charge in [0.15, 0.2) is 0 Å². The molecule has 3 heteroatoms. The summed E-state index contributed by atoms with van der Waals surface area (Å²) in [6.45, 7) is 3.45. The number of likely N-dealkylation sites (tertiary alicyclic amines) is 1. The Kier molecular flexibility index (Phi) is 3.53. The monoisotopic (exact) mass is 173 g/mol.